The first-order chi connectivity index (χ1) is 12.2. The van der Waals surface area contributed by atoms with Gasteiger partial charge in [-0.3, -0.25) is 4.79 Å². The first kappa shape index (κ1) is 18.8. The molecule has 1 atom stereocenters. The van der Waals surface area contributed by atoms with E-state index in [-0.39, 0.29) is 6.61 Å². The molecule has 0 aliphatic carbocycles. The minimum absolute atomic E-state index is 0.229. The molecule has 1 N–H and O–H groups in total. The van der Waals surface area contributed by atoms with E-state index in [1.807, 2.05) is 18.2 Å². The van der Waals surface area contributed by atoms with Crippen molar-refractivity contribution in [1.29, 1.82) is 0 Å². The lowest BCUT2D eigenvalue weighted by Crippen LogP contribution is -2.17. The summed E-state index contributed by atoms with van der Waals surface area (Å²) < 4.78 is 16.0. The maximum atomic E-state index is 10.6. The van der Waals surface area contributed by atoms with Crippen LogP contribution in [0.1, 0.15) is 28.8 Å². The molecule has 2 aromatic carbocycles. The molecule has 0 radical (unpaired) electrons. The zero-order valence-electron chi connectivity index (χ0n) is 14.6. The summed E-state index contributed by atoms with van der Waals surface area (Å²) in [4.78, 5) is 10.6. The number of hydrogen-bond donors (Lipinski definition) is 1. The fourth-order valence-electron chi connectivity index (χ4n) is 2.50. The van der Waals surface area contributed by atoms with E-state index in [1.165, 1.54) is 0 Å². The highest BCUT2D eigenvalue weighted by Gasteiger charge is 2.08. The van der Waals surface area contributed by atoms with Gasteiger partial charge in [0.05, 0.1) is 20.3 Å². The van der Waals surface area contributed by atoms with Gasteiger partial charge in [0.15, 0.2) is 11.5 Å². The molecule has 0 spiro atoms. The molecular weight excluding hydrogens is 320 g/mol. The average molecular weight is 344 g/mol. The number of hydrogen-bond acceptors (Lipinski definition) is 5. The van der Waals surface area contributed by atoms with E-state index in [1.54, 1.807) is 38.5 Å². The average Bonchev–Trinajstić information content (AvgIpc) is 2.66. The van der Waals surface area contributed by atoms with Gasteiger partial charge in [-0.2, -0.15) is 0 Å². The summed E-state index contributed by atoms with van der Waals surface area (Å²) in [6, 6.07) is 12.7. The Kier molecular flexibility index (Phi) is 7.29. The van der Waals surface area contributed by atoms with Crippen molar-refractivity contribution >= 4 is 6.29 Å². The molecule has 0 aliphatic heterocycles. The molecule has 2 rings (SSSR count). The van der Waals surface area contributed by atoms with Crippen molar-refractivity contribution in [3.63, 3.8) is 0 Å². The number of aldehydes is 1. The minimum atomic E-state index is -0.536. The fourth-order valence-corrected chi connectivity index (χ4v) is 2.50. The summed E-state index contributed by atoms with van der Waals surface area (Å²) >= 11 is 0. The normalized spacial score (nSPS) is 11.6. The largest absolute Gasteiger partial charge is 0.493 e. The third kappa shape index (κ3) is 5.80. The van der Waals surface area contributed by atoms with Crippen LogP contribution in [0.2, 0.25) is 0 Å². The first-order valence-electron chi connectivity index (χ1n) is 8.23. The maximum Gasteiger partial charge on any atom is 0.160 e. The van der Waals surface area contributed by atoms with Crippen LogP contribution in [0.3, 0.4) is 0 Å². The maximum absolute atomic E-state index is 10.6. The third-order valence-corrected chi connectivity index (χ3v) is 3.91. The van der Waals surface area contributed by atoms with Crippen LogP contribution in [0.15, 0.2) is 42.5 Å². The number of aryl methyl sites for hydroxylation is 1. The molecule has 0 aromatic heterocycles. The lowest BCUT2D eigenvalue weighted by atomic mass is 10.1. The predicted octanol–water partition coefficient (Wildman–Crippen LogP) is 3.28. The van der Waals surface area contributed by atoms with E-state index in [9.17, 15) is 9.90 Å². The van der Waals surface area contributed by atoms with Crippen LogP contribution in [-0.4, -0.2) is 38.3 Å². The lowest BCUT2D eigenvalue weighted by Gasteiger charge is -2.13. The van der Waals surface area contributed by atoms with Gasteiger partial charge in [-0.05, 0) is 61.2 Å². The summed E-state index contributed by atoms with van der Waals surface area (Å²) in [6.45, 7) is 0.229. The Balaban J connectivity index is 1.74. The number of aliphatic hydroxyl groups excluding tert-OH is 1. The van der Waals surface area contributed by atoms with Gasteiger partial charge >= 0.3 is 0 Å². The standard InChI is InChI=1S/C20H24O5/c1-23-19-11-8-15(12-20(19)24-2)4-3-5-17(22)14-25-18-9-6-16(13-21)7-10-18/h6-13,17,22H,3-5,14H2,1-2H3/t17-/m0/s1. The lowest BCUT2D eigenvalue weighted by molar-refractivity contribution is 0.0982. The molecule has 0 aliphatic rings. The molecule has 134 valence electrons. The highest BCUT2D eigenvalue weighted by Crippen LogP contribution is 2.28. The Bertz CT molecular complexity index is 666. The molecule has 5 nitrogen and oxygen atoms in total. The number of rotatable bonds is 10. The molecule has 0 unspecified atom stereocenters. The number of methoxy groups -OCH3 is 2. The Morgan fingerprint density at radius 1 is 1.04 bits per heavy atom. The van der Waals surface area contributed by atoms with Crippen LogP contribution < -0.4 is 14.2 Å². The quantitative estimate of drug-likeness (QED) is 0.670. The SMILES string of the molecule is COc1ccc(CCC[C@H](O)COc2ccc(C=O)cc2)cc1OC. The van der Waals surface area contributed by atoms with Crippen molar-refractivity contribution in [2.45, 2.75) is 25.4 Å². The summed E-state index contributed by atoms with van der Waals surface area (Å²) in [6.07, 6.45) is 2.56. The van der Waals surface area contributed by atoms with Crippen LogP contribution in [0.5, 0.6) is 17.2 Å². The smallest absolute Gasteiger partial charge is 0.160 e. The number of carbonyl (C=O) groups excluding carboxylic acids is 1. The molecule has 0 saturated heterocycles. The molecule has 0 fully saturated rings. The van der Waals surface area contributed by atoms with E-state index < -0.39 is 6.10 Å². The van der Waals surface area contributed by atoms with Gasteiger partial charge in [0.1, 0.15) is 18.6 Å². The third-order valence-electron chi connectivity index (χ3n) is 3.91. The van der Waals surface area contributed by atoms with Crippen LogP contribution >= 0.6 is 0 Å². The van der Waals surface area contributed by atoms with Crippen molar-refractivity contribution in [3.05, 3.63) is 53.6 Å². The van der Waals surface area contributed by atoms with E-state index in [2.05, 4.69) is 0 Å². The van der Waals surface area contributed by atoms with E-state index in [0.717, 1.165) is 24.7 Å². The fraction of sp³-hybridized carbons (Fsp3) is 0.350. The molecule has 0 bridgehead atoms. The topological polar surface area (TPSA) is 65.0 Å². The molecule has 25 heavy (non-hydrogen) atoms. The van der Waals surface area contributed by atoms with E-state index in [4.69, 9.17) is 14.2 Å². The Labute approximate surface area is 148 Å². The van der Waals surface area contributed by atoms with Crippen LogP contribution in [0.4, 0.5) is 0 Å². The molecule has 2 aromatic rings. The number of aliphatic hydroxyl groups is 1. The summed E-state index contributed by atoms with van der Waals surface area (Å²) in [5.41, 5.74) is 1.73. The van der Waals surface area contributed by atoms with E-state index in [0.29, 0.717) is 29.2 Å². The Morgan fingerprint density at radius 3 is 2.40 bits per heavy atom. The molecule has 0 saturated carbocycles. The summed E-state index contributed by atoms with van der Waals surface area (Å²) in [5.74, 6) is 2.06. The van der Waals surface area contributed by atoms with Gasteiger partial charge in [-0.25, -0.2) is 0 Å². The van der Waals surface area contributed by atoms with Crippen LogP contribution in [0.25, 0.3) is 0 Å². The second-order valence-electron chi connectivity index (χ2n) is 5.73. The second kappa shape index (κ2) is 9.69. The van der Waals surface area contributed by atoms with Crippen LogP contribution in [0, 0.1) is 0 Å². The van der Waals surface area contributed by atoms with E-state index >= 15 is 0 Å². The molecular formula is C20H24O5. The van der Waals surface area contributed by atoms with Crippen molar-refractivity contribution in [2.24, 2.45) is 0 Å². The van der Waals surface area contributed by atoms with Gasteiger partial charge in [0.2, 0.25) is 0 Å². The Morgan fingerprint density at radius 2 is 1.76 bits per heavy atom. The second-order valence-corrected chi connectivity index (χ2v) is 5.73. The zero-order valence-corrected chi connectivity index (χ0v) is 14.6. The van der Waals surface area contributed by atoms with Crippen LogP contribution in [-0.2, 0) is 6.42 Å². The van der Waals surface area contributed by atoms with Crippen molar-refractivity contribution in [1.82, 2.24) is 0 Å². The van der Waals surface area contributed by atoms with Gasteiger partial charge in [0, 0.05) is 5.56 Å². The van der Waals surface area contributed by atoms with Crippen molar-refractivity contribution < 1.29 is 24.1 Å². The number of carbonyl (C=O) groups is 1. The van der Waals surface area contributed by atoms with Gasteiger partial charge < -0.3 is 19.3 Å². The molecule has 0 amide bonds. The van der Waals surface area contributed by atoms with Crippen molar-refractivity contribution in [2.75, 3.05) is 20.8 Å². The highest BCUT2D eigenvalue weighted by atomic mass is 16.5. The Hall–Kier alpha value is -2.53. The summed E-state index contributed by atoms with van der Waals surface area (Å²) in [5, 5.41) is 10.0. The monoisotopic (exact) mass is 344 g/mol. The minimum Gasteiger partial charge on any atom is -0.493 e. The van der Waals surface area contributed by atoms with Crippen molar-refractivity contribution in [3.8, 4) is 17.2 Å². The highest BCUT2D eigenvalue weighted by molar-refractivity contribution is 5.74. The van der Waals surface area contributed by atoms with Gasteiger partial charge in [-0.1, -0.05) is 6.07 Å². The zero-order chi connectivity index (χ0) is 18.1. The summed E-state index contributed by atoms with van der Waals surface area (Å²) in [7, 11) is 3.23. The first-order valence-corrected chi connectivity index (χ1v) is 8.23. The number of benzene rings is 2. The number of ether oxygens (including phenoxy) is 3. The van der Waals surface area contributed by atoms with Gasteiger partial charge in [-0.15, -0.1) is 0 Å². The molecule has 0 heterocycles. The predicted molar refractivity (Wildman–Crippen MR) is 95.8 cm³/mol. The van der Waals surface area contributed by atoms with Gasteiger partial charge in [0.25, 0.3) is 0 Å². The molecule has 5 heteroatoms.